The molecule has 3 aromatic carbocycles. The molecule has 0 aliphatic rings. The minimum Gasteiger partial charge on any atom is -0.497 e. The van der Waals surface area contributed by atoms with Gasteiger partial charge < -0.3 is 20.4 Å². The van der Waals surface area contributed by atoms with Gasteiger partial charge in [0.2, 0.25) is 5.91 Å². The van der Waals surface area contributed by atoms with E-state index in [1.54, 1.807) is 31.4 Å². The number of nitrogens with zero attached hydrogens (tertiary/aromatic N) is 1. The lowest BCUT2D eigenvalue weighted by Crippen LogP contribution is -2.27. The summed E-state index contributed by atoms with van der Waals surface area (Å²) in [6, 6.07) is 20.7. The lowest BCUT2D eigenvalue weighted by atomic mass is 10.1. The number of anilines is 1. The van der Waals surface area contributed by atoms with Crippen LogP contribution in [0, 0.1) is 6.92 Å². The number of aryl methyl sites for hydroxylation is 1. The zero-order chi connectivity index (χ0) is 23.9. The summed E-state index contributed by atoms with van der Waals surface area (Å²) in [4.78, 5) is 33.0. The number of ether oxygens (including phenoxy) is 1. The van der Waals surface area contributed by atoms with Crippen LogP contribution in [-0.4, -0.2) is 41.2 Å². The van der Waals surface area contributed by atoms with Gasteiger partial charge in [-0.2, -0.15) is 0 Å². The van der Waals surface area contributed by atoms with Crippen molar-refractivity contribution in [2.75, 3.05) is 24.7 Å². The summed E-state index contributed by atoms with van der Waals surface area (Å²) in [5.74, 6) is 0.530. The van der Waals surface area contributed by atoms with Gasteiger partial charge in [0.15, 0.2) is 5.16 Å². The molecule has 0 bridgehead atoms. The molecule has 0 atom stereocenters. The molecule has 0 saturated heterocycles. The monoisotopic (exact) mass is 474 g/mol. The van der Waals surface area contributed by atoms with Crippen molar-refractivity contribution in [3.8, 4) is 5.75 Å². The fourth-order valence-electron chi connectivity index (χ4n) is 3.49. The normalized spacial score (nSPS) is 10.8. The van der Waals surface area contributed by atoms with Crippen molar-refractivity contribution in [1.29, 1.82) is 0 Å². The predicted octanol–water partition coefficient (Wildman–Crippen LogP) is 4.58. The first kappa shape index (κ1) is 23.4. The minimum absolute atomic E-state index is 0.173. The smallest absolute Gasteiger partial charge is 0.253 e. The Bertz CT molecular complexity index is 1300. The Morgan fingerprint density at radius 1 is 1.06 bits per heavy atom. The topological polar surface area (TPSA) is 96.1 Å². The van der Waals surface area contributed by atoms with E-state index in [0.29, 0.717) is 29.4 Å². The number of aromatic nitrogens is 2. The van der Waals surface area contributed by atoms with Gasteiger partial charge in [-0.3, -0.25) is 9.59 Å². The first-order valence-corrected chi connectivity index (χ1v) is 11.9. The summed E-state index contributed by atoms with van der Waals surface area (Å²) in [5.41, 5.74) is 4.96. The molecule has 0 radical (unpaired) electrons. The number of imidazole rings is 1. The molecule has 3 N–H and O–H groups in total. The number of thioether (sulfide) groups is 1. The number of H-pyrrole nitrogens is 1. The summed E-state index contributed by atoms with van der Waals surface area (Å²) in [6.07, 6.45) is 0.692. The summed E-state index contributed by atoms with van der Waals surface area (Å²) >= 11 is 1.32. The summed E-state index contributed by atoms with van der Waals surface area (Å²) in [6.45, 7) is 2.50. The van der Waals surface area contributed by atoms with Gasteiger partial charge in [0.1, 0.15) is 5.75 Å². The zero-order valence-electron chi connectivity index (χ0n) is 19.1. The molecule has 4 rings (SSSR count). The average molecular weight is 475 g/mol. The highest BCUT2D eigenvalue weighted by Gasteiger charge is 2.14. The first-order chi connectivity index (χ1) is 16.5. The number of amides is 2. The number of hydrogen-bond acceptors (Lipinski definition) is 5. The van der Waals surface area contributed by atoms with Crippen molar-refractivity contribution < 1.29 is 14.3 Å². The Labute approximate surface area is 202 Å². The quantitative estimate of drug-likeness (QED) is 0.309. The molecule has 0 unspecified atom stereocenters. The van der Waals surface area contributed by atoms with Crippen LogP contribution in [0.15, 0.2) is 71.9 Å². The number of methoxy groups -OCH3 is 1. The lowest BCUT2D eigenvalue weighted by molar-refractivity contribution is -0.113. The highest BCUT2D eigenvalue weighted by molar-refractivity contribution is 7.99. The Kier molecular flexibility index (Phi) is 7.49. The number of aromatic amines is 1. The molecular weight excluding hydrogens is 448 g/mol. The standard InChI is InChI=1S/C26H26N4O3S/c1-17-7-12-22-23(15-17)30-26(29-22)34-16-24(31)28-21-6-4-3-5-20(21)25(32)27-14-13-18-8-10-19(33-2)11-9-18/h3-12,15H,13-14,16H2,1-2H3,(H,27,32)(H,28,31)(H,29,30). The number of fused-ring (bicyclic) bond motifs is 1. The Morgan fingerprint density at radius 2 is 1.85 bits per heavy atom. The second kappa shape index (κ2) is 10.9. The van der Waals surface area contributed by atoms with Crippen LogP contribution >= 0.6 is 11.8 Å². The van der Waals surface area contributed by atoms with Gasteiger partial charge in [-0.25, -0.2) is 4.98 Å². The van der Waals surface area contributed by atoms with Gasteiger partial charge >= 0.3 is 0 Å². The van der Waals surface area contributed by atoms with Crippen molar-refractivity contribution in [2.24, 2.45) is 0 Å². The second-order valence-electron chi connectivity index (χ2n) is 7.80. The van der Waals surface area contributed by atoms with Gasteiger partial charge in [0.25, 0.3) is 5.91 Å². The van der Waals surface area contributed by atoms with Crippen LogP contribution in [0.5, 0.6) is 5.75 Å². The van der Waals surface area contributed by atoms with Crippen LogP contribution in [0.4, 0.5) is 5.69 Å². The van der Waals surface area contributed by atoms with Crippen LogP contribution in [0.1, 0.15) is 21.5 Å². The molecule has 4 aromatic rings. The minimum atomic E-state index is -0.232. The highest BCUT2D eigenvalue weighted by Crippen LogP contribution is 2.21. The van der Waals surface area contributed by atoms with Gasteiger partial charge in [0, 0.05) is 6.54 Å². The van der Waals surface area contributed by atoms with E-state index in [1.807, 2.05) is 49.4 Å². The number of para-hydroxylation sites is 1. The molecule has 0 aliphatic carbocycles. The number of benzene rings is 3. The summed E-state index contributed by atoms with van der Waals surface area (Å²) < 4.78 is 5.16. The Hall–Kier alpha value is -3.78. The molecule has 0 aliphatic heterocycles. The molecule has 34 heavy (non-hydrogen) atoms. The van der Waals surface area contributed by atoms with E-state index in [-0.39, 0.29) is 17.6 Å². The van der Waals surface area contributed by atoms with E-state index < -0.39 is 0 Å². The van der Waals surface area contributed by atoms with E-state index >= 15 is 0 Å². The second-order valence-corrected chi connectivity index (χ2v) is 8.76. The van der Waals surface area contributed by atoms with Crippen LogP contribution < -0.4 is 15.4 Å². The molecule has 174 valence electrons. The molecule has 2 amide bonds. The third-order valence-electron chi connectivity index (χ3n) is 5.26. The molecule has 0 fully saturated rings. The SMILES string of the molecule is COc1ccc(CCNC(=O)c2ccccc2NC(=O)CSc2nc3ccc(C)cc3[nH]2)cc1. The van der Waals surface area contributed by atoms with E-state index in [1.165, 1.54) is 11.8 Å². The van der Waals surface area contributed by atoms with Crippen molar-refractivity contribution in [3.05, 3.63) is 83.4 Å². The summed E-state index contributed by atoms with van der Waals surface area (Å²) in [5, 5.41) is 6.46. The van der Waals surface area contributed by atoms with E-state index in [0.717, 1.165) is 27.9 Å². The first-order valence-electron chi connectivity index (χ1n) is 10.9. The van der Waals surface area contributed by atoms with Crippen LogP contribution in [-0.2, 0) is 11.2 Å². The molecule has 0 spiro atoms. The zero-order valence-corrected chi connectivity index (χ0v) is 19.9. The van der Waals surface area contributed by atoms with Crippen LogP contribution in [0.2, 0.25) is 0 Å². The lowest BCUT2D eigenvalue weighted by Gasteiger charge is -2.11. The van der Waals surface area contributed by atoms with Crippen LogP contribution in [0.3, 0.4) is 0 Å². The fourth-order valence-corrected chi connectivity index (χ4v) is 4.17. The summed E-state index contributed by atoms with van der Waals surface area (Å²) in [7, 11) is 1.63. The van der Waals surface area contributed by atoms with Crippen LogP contribution in [0.25, 0.3) is 11.0 Å². The van der Waals surface area contributed by atoms with E-state index in [9.17, 15) is 9.59 Å². The van der Waals surface area contributed by atoms with E-state index in [4.69, 9.17) is 4.74 Å². The Balaban J connectivity index is 1.31. The Morgan fingerprint density at radius 3 is 2.65 bits per heavy atom. The molecule has 1 aromatic heterocycles. The van der Waals surface area contributed by atoms with Crippen molar-refractivity contribution in [1.82, 2.24) is 15.3 Å². The number of rotatable bonds is 9. The number of hydrogen-bond donors (Lipinski definition) is 3. The maximum absolute atomic E-state index is 12.7. The fraction of sp³-hybridized carbons (Fsp3) is 0.192. The number of carbonyl (C=O) groups is 2. The van der Waals surface area contributed by atoms with Crippen molar-refractivity contribution in [3.63, 3.8) is 0 Å². The van der Waals surface area contributed by atoms with Gasteiger partial charge in [-0.1, -0.05) is 42.1 Å². The van der Waals surface area contributed by atoms with Gasteiger partial charge in [0.05, 0.1) is 35.1 Å². The maximum atomic E-state index is 12.7. The van der Waals surface area contributed by atoms with Gasteiger partial charge in [-0.15, -0.1) is 0 Å². The maximum Gasteiger partial charge on any atom is 0.253 e. The highest BCUT2D eigenvalue weighted by atomic mass is 32.2. The average Bonchev–Trinajstić information content (AvgIpc) is 3.25. The third-order valence-corrected chi connectivity index (χ3v) is 6.13. The predicted molar refractivity (Wildman–Crippen MR) is 136 cm³/mol. The van der Waals surface area contributed by atoms with Gasteiger partial charge in [-0.05, 0) is 60.9 Å². The molecule has 1 heterocycles. The van der Waals surface area contributed by atoms with E-state index in [2.05, 4.69) is 20.6 Å². The molecule has 8 heteroatoms. The number of carbonyl (C=O) groups excluding carboxylic acids is 2. The largest absolute Gasteiger partial charge is 0.497 e. The van der Waals surface area contributed by atoms with Crippen molar-refractivity contribution >= 4 is 40.3 Å². The van der Waals surface area contributed by atoms with Crippen molar-refractivity contribution in [2.45, 2.75) is 18.5 Å². The molecule has 0 saturated carbocycles. The molecule has 7 nitrogen and oxygen atoms in total. The molecular formula is C26H26N4O3S. The number of nitrogens with one attached hydrogen (secondary N) is 3. The third kappa shape index (κ3) is 5.96.